The molecule has 0 unspecified atom stereocenters. The number of likely N-dealkylation sites (tertiary alicyclic amines) is 2. The van der Waals surface area contributed by atoms with Crippen LogP contribution in [0.15, 0.2) is 48.5 Å². The lowest BCUT2D eigenvalue weighted by Gasteiger charge is -2.27. The van der Waals surface area contributed by atoms with Crippen LogP contribution in [0, 0.1) is 51.2 Å². The third kappa shape index (κ3) is 10.5. The molecule has 0 amide bonds. The number of rotatable bonds is 8. The molecule has 0 spiro atoms. The molecule has 2 fully saturated rings. The smallest absolute Gasteiger partial charge is 0.164 e. The minimum atomic E-state index is -0.212. The molecule has 6 heterocycles. The maximum atomic E-state index is 14.6. The van der Waals surface area contributed by atoms with Crippen molar-refractivity contribution in [2.75, 3.05) is 52.6 Å². The van der Waals surface area contributed by atoms with Crippen molar-refractivity contribution in [1.29, 1.82) is 0 Å². The lowest BCUT2D eigenvalue weighted by Crippen LogP contribution is -2.26. The Morgan fingerprint density at radius 2 is 0.875 bits per heavy atom. The van der Waals surface area contributed by atoms with Gasteiger partial charge in [0.2, 0.25) is 0 Å². The van der Waals surface area contributed by atoms with Crippen molar-refractivity contribution in [1.82, 2.24) is 19.8 Å². The molecular weight excluding hydrogens is 751 g/mol. The molecule has 2 aromatic heterocycles. The van der Waals surface area contributed by atoms with E-state index in [0.29, 0.717) is 72.4 Å². The van der Waals surface area contributed by atoms with Gasteiger partial charge in [-0.2, -0.15) is 27.0 Å². The number of benzene rings is 2. The molecule has 4 atom stereocenters. The van der Waals surface area contributed by atoms with Crippen LogP contribution in [0.5, 0.6) is 23.0 Å². The third-order valence-electron chi connectivity index (χ3n) is 11.3. The van der Waals surface area contributed by atoms with Crippen LogP contribution < -0.4 is 18.9 Å². The normalized spacial score (nSPS) is 19.9. The van der Waals surface area contributed by atoms with E-state index >= 15 is 0 Å². The molecule has 0 saturated carbocycles. The highest BCUT2D eigenvalue weighted by Crippen LogP contribution is 2.39. The molecule has 12 heteroatoms. The summed E-state index contributed by atoms with van der Waals surface area (Å²) in [6, 6.07) is 15.3. The molecule has 0 N–H and O–H groups in total. The Kier molecular flexibility index (Phi) is 15.0. The molecule has 4 aromatic rings. The van der Waals surface area contributed by atoms with Gasteiger partial charge in [0.1, 0.15) is 38.1 Å². The second-order valence-electron chi connectivity index (χ2n) is 15.6. The molecule has 0 aliphatic carbocycles. The first-order chi connectivity index (χ1) is 26.0. The van der Waals surface area contributed by atoms with Gasteiger partial charge in [-0.05, 0) is 140 Å². The first kappa shape index (κ1) is 43.5. The Bertz CT molecular complexity index is 1790. The Hall–Kier alpha value is -3.58. The van der Waals surface area contributed by atoms with Gasteiger partial charge in [0.25, 0.3) is 0 Å². The van der Waals surface area contributed by atoms with Gasteiger partial charge in [-0.3, -0.25) is 19.8 Å². The van der Waals surface area contributed by atoms with Crippen molar-refractivity contribution >= 4 is 27.0 Å². The van der Waals surface area contributed by atoms with Gasteiger partial charge in [-0.1, -0.05) is 0 Å². The summed E-state index contributed by atoms with van der Waals surface area (Å²) < 4.78 is 51.5. The van der Waals surface area contributed by atoms with Crippen LogP contribution in [0.25, 0.3) is 0 Å². The van der Waals surface area contributed by atoms with E-state index in [1.54, 1.807) is 0 Å². The molecule has 0 bridgehead atoms. The van der Waals surface area contributed by atoms with Crippen molar-refractivity contribution < 1.29 is 27.7 Å². The molecule has 56 heavy (non-hydrogen) atoms. The minimum Gasteiger partial charge on any atom is -0.486 e. The molecule has 8 nitrogen and oxygen atoms in total. The van der Waals surface area contributed by atoms with Crippen LogP contribution >= 0.6 is 27.0 Å². The number of hydrogen-bond acceptors (Lipinski definition) is 8. The number of hydrogen-bond donors (Lipinski definition) is 0. The monoisotopic (exact) mass is 808 g/mol. The van der Waals surface area contributed by atoms with Gasteiger partial charge < -0.3 is 18.9 Å². The summed E-state index contributed by atoms with van der Waals surface area (Å²) in [6.07, 6.45) is 4.38. The molecule has 8 rings (SSSR count). The summed E-state index contributed by atoms with van der Waals surface area (Å²) in [7, 11) is 0. The van der Waals surface area contributed by atoms with E-state index in [0.717, 1.165) is 74.6 Å². The summed E-state index contributed by atoms with van der Waals surface area (Å²) in [4.78, 5) is 13.7. The van der Waals surface area contributed by atoms with Crippen molar-refractivity contribution in [3.05, 3.63) is 105 Å². The number of aromatic nitrogens is 2. The number of aryl methyl sites for hydroxylation is 4. The molecule has 4 aliphatic rings. The molecule has 2 saturated heterocycles. The van der Waals surface area contributed by atoms with E-state index in [-0.39, 0.29) is 50.7 Å². The summed E-state index contributed by atoms with van der Waals surface area (Å²) in [5.41, 5.74) is 8.39. The van der Waals surface area contributed by atoms with Crippen LogP contribution in [-0.4, -0.2) is 72.4 Å². The fourth-order valence-electron chi connectivity index (χ4n) is 8.70. The topological polar surface area (TPSA) is 69.2 Å². The highest BCUT2D eigenvalue weighted by atomic mass is 32.1. The SMILES string of the molecule is Cc1cc(C[C@H]2CCN([C@@H](C)c3cc4c(cc3F)OCCO4)C2)cc(C)n1.Cc1cc(C[C@H]2CCN([C@H](C)c3cc4c(cc3F)OCCO4)C2)cc(C)n1.S.S. The van der Waals surface area contributed by atoms with Crippen LogP contribution in [0.3, 0.4) is 0 Å². The zero-order chi connectivity index (χ0) is 37.9. The van der Waals surface area contributed by atoms with Gasteiger partial charge in [0, 0.05) is 71.2 Å². The maximum absolute atomic E-state index is 14.6. The highest BCUT2D eigenvalue weighted by Gasteiger charge is 2.31. The molecule has 304 valence electrons. The van der Waals surface area contributed by atoms with Crippen molar-refractivity contribution in [2.24, 2.45) is 11.8 Å². The van der Waals surface area contributed by atoms with Crippen molar-refractivity contribution in [3.8, 4) is 23.0 Å². The summed E-state index contributed by atoms with van der Waals surface area (Å²) in [5, 5.41) is 0. The second kappa shape index (κ2) is 19.2. The third-order valence-corrected chi connectivity index (χ3v) is 11.3. The number of ether oxygens (including phenoxy) is 4. The van der Waals surface area contributed by atoms with Gasteiger partial charge >= 0.3 is 0 Å². The van der Waals surface area contributed by atoms with Gasteiger partial charge in [0.05, 0.1) is 0 Å². The highest BCUT2D eigenvalue weighted by molar-refractivity contribution is 7.59. The van der Waals surface area contributed by atoms with Crippen LogP contribution in [-0.2, 0) is 12.8 Å². The maximum Gasteiger partial charge on any atom is 0.164 e. The van der Waals surface area contributed by atoms with Crippen molar-refractivity contribution in [3.63, 3.8) is 0 Å². The Morgan fingerprint density at radius 3 is 1.21 bits per heavy atom. The summed E-state index contributed by atoms with van der Waals surface area (Å²) >= 11 is 0. The first-order valence-electron chi connectivity index (χ1n) is 19.5. The van der Waals surface area contributed by atoms with Crippen LogP contribution in [0.4, 0.5) is 8.78 Å². The summed E-state index contributed by atoms with van der Waals surface area (Å²) in [5.74, 6) is 3.09. The quantitative estimate of drug-likeness (QED) is 0.175. The lowest BCUT2D eigenvalue weighted by molar-refractivity contribution is 0.169. The van der Waals surface area contributed by atoms with E-state index < -0.39 is 0 Å². The van der Waals surface area contributed by atoms with Gasteiger partial charge in [-0.15, -0.1) is 0 Å². The van der Waals surface area contributed by atoms with E-state index in [4.69, 9.17) is 18.9 Å². The average molecular weight is 809 g/mol. The summed E-state index contributed by atoms with van der Waals surface area (Å²) in [6.45, 7) is 18.3. The lowest BCUT2D eigenvalue weighted by atomic mass is 9.98. The zero-order valence-corrected chi connectivity index (χ0v) is 35.6. The fraction of sp³-hybridized carbons (Fsp3) is 0.500. The Labute approximate surface area is 345 Å². The fourth-order valence-corrected chi connectivity index (χ4v) is 8.70. The predicted molar refractivity (Wildman–Crippen MR) is 227 cm³/mol. The standard InChI is InChI=1S/2C22H27FN2O2.2H2S/c2*1-14-8-18(9-15(2)24-14)10-17-4-5-25(13-17)16(3)19-11-21-22(12-20(19)23)27-7-6-26-21;;/h2*8-9,11-12,16-17H,4-7,10,13H2,1-3H3;2*1H2/t16-,17+;16-,17-;;/m01../s1. The van der Waals surface area contributed by atoms with Crippen molar-refractivity contribution in [2.45, 2.75) is 79.3 Å². The van der Waals surface area contributed by atoms with Gasteiger partial charge in [0.15, 0.2) is 23.0 Å². The zero-order valence-electron chi connectivity index (χ0n) is 33.6. The number of nitrogens with zero attached hydrogens (tertiary/aromatic N) is 4. The average Bonchev–Trinajstić information content (AvgIpc) is 3.80. The molecule has 4 aliphatic heterocycles. The molecule has 2 aromatic carbocycles. The van der Waals surface area contributed by atoms with E-state index in [2.05, 4.69) is 57.9 Å². The number of halogens is 2. The number of pyridine rings is 2. The minimum absolute atomic E-state index is 0. The Balaban J connectivity index is 0.000000207. The van der Waals surface area contributed by atoms with Crippen LogP contribution in [0.2, 0.25) is 0 Å². The van der Waals surface area contributed by atoms with E-state index in [9.17, 15) is 8.78 Å². The first-order valence-corrected chi connectivity index (χ1v) is 19.5. The molecular formula is C44H58F2N4O4S2. The largest absolute Gasteiger partial charge is 0.486 e. The predicted octanol–water partition coefficient (Wildman–Crippen LogP) is 8.69. The molecule has 0 radical (unpaired) electrons. The van der Waals surface area contributed by atoms with E-state index in [1.165, 1.54) is 23.3 Å². The van der Waals surface area contributed by atoms with Crippen LogP contribution in [0.1, 0.15) is 83.8 Å². The Morgan fingerprint density at radius 1 is 0.554 bits per heavy atom. The van der Waals surface area contributed by atoms with E-state index in [1.807, 2.05) is 39.8 Å². The van der Waals surface area contributed by atoms with Gasteiger partial charge in [-0.25, -0.2) is 8.78 Å². The number of fused-ring (bicyclic) bond motifs is 2. The second-order valence-corrected chi connectivity index (χ2v) is 15.6.